The van der Waals surface area contributed by atoms with E-state index < -0.39 is 12.0 Å². The fourth-order valence-electron chi connectivity index (χ4n) is 2.42. The highest BCUT2D eigenvalue weighted by molar-refractivity contribution is 5.73. The molecule has 4 heteroatoms. The third kappa shape index (κ3) is 3.31. The van der Waals surface area contributed by atoms with Crippen LogP contribution in [-0.4, -0.2) is 30.2 Å². The van der Waals surface area contributed by atoms with Gasteiger partial charge in [-0.3, -0.25) is 4.79 Å². The molecule has 98 valence electrons. The van der Waals surface area contributed by atoms with Gasteiger partial charge in [0, 0.05) is 0 Å². The van der Waals surface area contributed by atoms with Crippen LogP contribution in [0, 0.1) is 0 Å². The van der Waals surface area contributed by atoms with Gasteiger partial charge in [-0.2, -0.15) is 0 Å². The Balaban J connectivity index is 1.98. The normalized spacial score (nSPS) is 18.5. The maximum Gasteiger partial charge on any atom is 0.320 e. The first-order chi connectivity index (χ1) is 8.66. The van der Waals surface area contributed by atoms with E-state index in [-0.39, 0.29) is 0 Å². The van der Waals surface area contributed by atoms with Crippen LogP contribution < -0.4 is 11.1 Å². The topological polar surface area (TPSA) is 75.3 Å². The maximum atomic E-state index is 10.7. The van der Waals surface area contributed by atoms with Crippen LogP contribution in [-0.2, 0) is 11.2 Å². The summed E-state index contributed by atoms with van der Waals surface area (Å²) >= 11 is 0. The number of carboxylic acids is 1. The summed E-state index contributed by atoms with van der Waals surface area (Å²) in [5, 5.41) is 12.1. The molecule has 1 saturated heterocycles. The van der Waals surface area contributed by atoms with E-state index in [4.69, 9.17) is 10.8 Å². The molecule has 0 radical (unpaired) electrons. The fraction of sp³-hybridized carbons (Fsp3) is 0.500. The Labute approximate surface area is 107 Å². The number of nitrogens with one attached hydrogen (secondary N) is 1. The first kappa shape index (κ1) is 13.1. The van der Waals surface area contributed by atoms with E-state index in [1.54, 1.807) is 0 Å². The Bertz CT molecular complexity index is 397. The highest BCUT2D eigenvalue weighted by Crippen LogP contribution is 2.25. The van der Waals surface area contributed by atoms with Crippen molar-refractivity contribution in [3.05, 3.63) is 35.4 Å². The molecule has 0 unspecified atom stereocenters. The minimum atomic E-state index is -0.947. The molecule has 2 rings (SSSR count). The van der Waals surface area contributed by atoms with Gasteiger partial charge in [0.15, 0.2) is 0 Å². The maximum absolute atomic E-state index is 10.7. The Morgan fingerprint density at radius 2 is 1.94 bits per heavy atom. The highest BCUT2D eigenvalue weighted by atomic mass is 16.4. The van der Waals surface area contributed by atoms with E-state index in [0.29, 0.717) is 12.3 Å². The third-order valence-corrected chi connectivity index (χ3v) is 3.56. The van der Waals surface area contributed by atoms with E-state index in [9.17, 15) is 4.79 Å². The molecule has 0 aliphatic carbocycles. The Hall–Kier alpha value is -1.39. The molecule has 1 fully saturated rings. The van der Waals surface area contributed by atoms with Crippen molar-refractivity contribution in [3.63, 3.8) is 0 Å². The lowest BCUT2D eigenvalue weighted by Crippen LogP contribution is -2.32. The molecule has 1 heterocycles. The van der Waals surface area contributed by atoms with Crippen molar-refractivity contribution in [1.29, 1.82) is 0 Å². The van der Waals surface area contributed by atoms with Gasteiger partial charge in [-0.25, -0.2) is 0 Å². The Morgan fingerprint density at radius 3 is 2.50 bits per heavy atom. The van der Waals surface area contributed by atoms with E-state index in [0.717, 1.165) is 18.7 Å². The van der Waals surface area contributed by atoms with Crippen LogP contribution in [0.4, 0.5) is 0 Å². The zero-order valence-electron chi connectivity index (χ0n) is 10.4. The molecule has 1 aliphatic heterocycles. The fourth-order valence-corrected chi connectivity index (χ4v) is 2.42. The molecule has 0 bridgehead atoms. The van der Waals surface area contributed by atoms with E-state index in [1.165, 1.54) is 18.4 Å². The summed E-state index contributed by atoms with van der Waals surface area (Å²) in [7, 11) is 0. The predicted molar refractivity (Wildman–Crippen MR) is 70.6 cm³/mol. The van der Waals surface area contributed by atoms with Crippen molar-refractivity contribution in [2.75, 3.05) is 13.1 Å². The SMILES string of the molecule is N[C@@H](Cc1ccc(C2CCNCC2)cc1)C(=O)O. The molecule has 1 aromatic carbocycles. The molecule has 4 nitrogen and oxygen atoms in total. The van der Waals surface area contributed by atoms with Crippen molar-refractivity contribution < 1.29 is 9.90 Å². The Morgan fingerprint density at radius 1 is 1.33 bits per heavy atom. The molecule has 0 amide bonds. The molecular formula is C14H20N2O2. The number of carbonyl (C=O) groups is 1. The molecule has 18 heavy (non-hydrogen) atoms. The average Bonchev–Trinajstić information content (AvgIpc) is 2.40. The zero-order valence-corrected chi connectivity index (χ0v) is 10.4. The van der Waals surface area contributed by atoms with Crippen molar-refractivity contribution in [2.24, 2.45) is 5.73 Å². The van der Waals surface area contributed by atoms with Crippen molar-refractivity contribution in [2.45, 2.75) is 31.2 Å². The van der Waals surface area contributed by atoms with Crippen LogP contribution in [0.5, 0.6) is 0 Å². The third-order valence-electron chi connectivity index (χ3n) is 3.56. The summed E-state index contributed by atoms with van der Waals surface area (Å²) in [4.78, 5) is 10.7. The summed E-state index contributed by atoms with van der Waals surface area (Å²) in [5.74, 6) is -0.314. The second-order valence-corrected chi connectivity index (χ2v) is 4.91. The van der Waals surface area contributed by atoms with Gasteiger partial charge < -0.3 is 16.2 Å². The number of aliphatic carboxylic acids is 1. The number of rotatable bonds is 4. The van der Waals surface area contributed by atoms with Gasteiger partial charge in [0.05, 0.1) is 0 Å². The lowest BCUT2D eigenvalue weighted by molar-refractivity contribution is -0.138. The van der Waals surface area contributed by atoms with Crippen LogP contribution in [0.25, 0.3) is 0 Å². The first-order valence-corrected chi connectivity index (χ1v) is 6.45. The van der Waals surface area contributed by atoms with Gasteiger partial charge in [-0.05, 0) is 49.4 Å². The summed E-state index contributed by atoms with van der Waals surface area (Å²) in [6, 6.07) is 7.41. The van der Waals surface area contributed by atoms with Gasteiger partial charge in [0.1, 0.15) is 6.04 Å². The van der Waals surface area contributed by atoms with Crippen LogP contribution >= 0.6 is 0 Å². The summed E-state index contributed by atoms with van der Waals surface area (Å²) in [6.45, 7) is 2.16. The second kappa shape index (κ2) is 5.98. The number of benzene rings is 1. The van der Waals surface area contributed by atoms with Gasteiger partial charge in [-0.1, -0.05) is 24.3 Å². The standard InChI is InChI=1S/C14H20N2O2/c15-13(14(17)18)9-10-1-3-11(4-2-10)12-5-7-16-8-6-12/h1-4,12-13,16H,5-9,15H2,(H,17,18)/t13-/m0/s1. The summed E-state index contributed by atoms with van der Waals surface area (Å²) < 4.78 is 0. The van der Waals surface area contributed by atoms with E-state index in [1.807, 2.05) is 12.1 Å². The quantitative estimate of drug-likeness (QED) is 0.746. The van der Waals surface area contributed by atoms with Gasteiger partial charge >= 0.3 is 5.97 Å². The number of piperidine rings is 1. The Kier molecular flexibility index (Phi) is 4.33. The lowest BCUT2D eigenvalue weighted by Gasteiger charge is -2.23. The average molecular weight is 248 g/mol. The van der Waals surface area contributed by atoms with E-state index in [2.05, 4.69) is 17.4 Å². The summed E-state index contributed by atoms with van der Waals surface area (Å²) in [5.41, 5.74) is 7.86. The van der Waals surface area contributed by atoms with Crippen LogP contribution in [0.15, 0.2) is 24.3 Å². The van der Waals surface area contributed by atoms with Crippen LogP contribution in [0.2, 0.25) is 0 Å². The van der Waals surface area contributed by atoms with Gasteiger partial charge in [-0.15, -0.1) is 0 Å². The molecule has 1 atom stereocenters. The number of hydrogen-bond donors (Lipinski definition) is 3. The minimum Gasteiger partial charge on any atom is -0.480 e. The minimum absolute atomic E-state index is 0.391. The van der Waals surface area contributed by atoms with Crippen LogP contribution in [0.3, 0.4) is 0 Å². The van der Waals surface area contributed by atoms with Crippen molar-refractivity contribution in [1.82, 2.24) is 5.32 Å². The molecule has 1 aromatic rings. The number of carboxylic acid groups (broad SMARTS) is 1. The van der Waals surface area contributed by atoms with E-state index >= 15 is 0 Å². The molecule has 0 spiro atoms. The molecular weight excluding hydrogens is 228 g/mol. The molecule has 0 aromatic heterocycles. The predicted octanol–water partition coefficient (Wildman–Crippen LogP) is 1.11. The lowest BCUT2D eigenvalue weighted by atomic mass is 9.89. The largest absolute Gasteiger partial charge is 0.480 e. The first-order valence-electron chi connectivity index (χ1n) is 6.45. The highest BCUT2D eigenvalue weighted by Gasteiger charge is 2.16. The zero-order chi connectivity index (χ0) is 13.0. The van der Waals surface area contributed by atoms with Crippen molar-refractivity contribution >= 4 is 5.97 Å². The smallest absolute Gasteiger partial charge is 0.320 e. The van der Waals surface area contributed by atoms with Crippen LogP contribution in [0.1, 0.15) is 29.9 Å². The number of hydrogen-bond acceptors (Lipinski definition) is 3. The summed E-state index contributed by atoms with van der Waals surface area (Å²) in [6.07, 6.45) is 2.74. The molecule has 4 N–H and O–H groups in total. The molecule has 1 aliphatic rings. The molecule has 0 saturated carbocycles. The van der Waals surface area contributed by atoms with Gasteiger partial charge in [0.25, 0.3) is 0 Å². The monoisotopic (exact) mass is 248 g/mol. The van der Waals surface area contributed by atoms with Crippen molar-refractivity contribution in [3.8, 4) is 0 Å². The second-order valence-electron chi connectivity index (χ2n) is 4.91. The number of nitrogens with two attached hydrogens (primary N) is 1. The van der Waals surface area contributed by atoms with Gasteiger partial charge in [0.2, 0.25) is 0 Å².